The molecule has 4 nitrogen and oxygen atoms in total. The summed E-state index contributed by atoms with van der Waals surface area (Å²) in [7, 11) is 0. The van der Waals surface area contributed by atoms with Crippen molar-refractivity contribution in [3.8, 4) is 0 Å². The molecule has 1 aliphatic carbocycles. The molecule has 1 saturated carbocycles. The molecular formula is C13H19N3O. The van der Waals surface area contributed by atoms with Gasteiger partial charge in [0.15, 0.2) is 0 Å². The summed E-state index contributed by atoms with van der Waals surface area (Å²) >= 11 is 0. The summed E-state index contributed by atoms with van der Waals surface area (Å²) in [6, 6.07) is 0. The Labute approximate surface area is 102 Å². The molecular weight excluding hydrogens is 214 g/mol. The van der Waals surface area contributed by atoms with Gasteiger partial charge in [-0.2, -0.15) is 0 Å². The molecule has 0 atom stereocenters. The van der Waals surface area contributed by atoms with Gasteiger partial charge in [0.05, 0.1) is 11.3 Å². The Hall–Kier alpha value is -1.45. The molecule has 1 aromatic rings. The van der Waals surface area contributed by atoms with Gasteiger partial charge in [0.1, 0.15) is 5.82 Å². The fourth-order valence-electron chi connectivity index (χ4n) is 1.64. The maximum atomic E-state index is 11.9. The number of amides is 1. The van der Waals surface area contributed by atoms with Crippen LogP contribution in [-0.4, -0.2) is 22.4 Å². The second-order valence-electron chi connectivity index (χ2n) is 5.11. The Kier molecular flexibility index (Phi) is 3.41. The lowest BCUT2D eigenvalue weighted by atomic mass is 10.2. The monoisotopic (exact) mass is 233 g/mol. The molecule has 2 rings (SSSR count). The number of hydrogen-bond donors (Lipinski definition) is 1. The largest absolute Gasteiger partial charge is 0.352 e. The standard InChI is InChI=1S/C13H19N3O/c1-8(2)6-15-13(17)11-7-14-12(10-4-5-10)16-9(11)3/h7-8,10H,4-6H2,1-3H3,(H,15,17). The molecule has 1 aromatic heterocycles. The molecule has 0 radical (unpaired) electrons. The van der Waals surface area contributed by atoms with Crippen molar-refractivity contribution < 1.29 is 4.79 Å². The van der Waals surface area contributed by atoms with Crippen molar-refractivity contribution in [2.75, 3.05) is 6.54 Å². The summed E-state index contributed by atoms with van der Waals surface area (Å²) in [4.78, 5) is 20.6. The zero-order valence-electron chi connectivity index (χ0n) is 10.7. The molecule has 1 N–H and O–H groups in total. The first-order chi connectivity index (χ1) is 8.08. The summed E-state index contributed by atoms with van der Waals surface area (Å²) in [6.07, 6.45) is 4.02. The number of rotatable bonds is 4. The first kappa shape index (κ1) is 12.0. The van der Waals surface area contributed by atoms with E-state index in [-0.39, 0.29) is 5.91 Å². The Balaban J connectivity index is 2.07. The molecule has 0 saturated heterocycles. The summed E-state index contributed by atoms with van der Waals surface area (Å²) in [5.41, 5.74) is 1.37. The summed E-state index contributed by atoms with van der Waals surface area (Å²) < 4.78 is 0. The highest BCUT2D eigenvalue weighted by molar-refractivity contribution is 5.94. The molecule has 0 spiro atoms. The third kappa shape index (κ3) is 3.02. The summed E-state index contributed by atoms with van der Waals surface area (Å²) in [6.45, 7) is 6.69. The van der Waals surface area contributed by atoms with E-state index in [9.17, 15) is 4.79 Å². The molecule has 0 aliphatic heterocycles. The minimum absolute atomic E-state index is 0.0708. The van der Waals surface area contributed by atoms with Gasteiger partial charge in [-0.05, 0) is 25.7 Å². The van der Waals surface area contributed by atoms with Gasteiger partial charge < -0.3 is 5.32 Å². The molecule has 0 bridgehead atoms. The fraction of sp³-hybridized carbons (Fsp3) is 0.615. The molecule has 92 valence electrons. The maximum absolute atomic E-state index is 11.9. The van der Waals surface area contributed by atoms with Crippen LogP contribution < -0.4 is 5.32 Å². The third-order valence-electron chi connectivity index (χ3n) is 2.86. The number of carbonyl (C=O) groups is 1. The highest BCUT2D eigenvalue weighted by Crippen LogP contribution is 2.37. The van der Waals surface area contributed by atoms with E-state index < -0.39 is 0 Å². The molecule has 1 aliphatic rings. The topological polar surface area (TPSA) is 54.9 Å². The molecule has 1 amide bonds. The second kappa shape index (κ2) is 4.82. The van der Waals surface area contributed by atoms with Gasteiger partial charge in [-0.15, -0.1) is 0 Å². The van der Waals surface area contributed by atoms with Crippen molar-refractivity contribution >= 4 is 5.91 Å². The summed E-state index contributed by atoms with van der Waals surface area (Å²) in [5.74, 6) is 1.80. The van der Waals surface area contributed by atoms with Gasteiger partial charge >= 0.3 is 0 Å². The number of nitrogens with one attached hydrogen (secondary N) is 1. The minimum Gasteiger partial charge on any atom is -0.352 e. The number of nitrogens with zero attached hydrogens (tertiary/aromatic N) is 2. The fourth-order valence-corrected chi connectivity index (χ4v) is 1.64. The van der Waals surface area contributed by atoms with Gasteiger partial charge in [0.25, 0.3) is 5.91 Å². The molecule has 4 heteroatoms. The number of carbonyl (C=O) groups excluding carboxylic acids is 1. The summed E-state index contributed by atoms with van der Waals surface area (Å²) in [5, 5.41) is 2.88. The van der Waals surface area contributed by atoms with Gasteiger partial charge in [-0.1, -0.05) is 13.8 Å². The average molecular weight is 233 g/mol. The van der Waals surface area contributed by atoms with Gasteiger partial charge in [0, 0.05) is 18.7 Å². The van der Waals surface area contributed by atoms with Crippen molar-refractivity contribution in [3.05, 3.63) is 23.3 Å². The van der Waals surface area contributed by atoms with E-state index in [1.54, 1.807) is 6.20 Å². The first-order valence-electron chi connectivity index (χ1n) is 6.19. The van der Waals surface area contributed by atoms with E-state index in [0.29, 0.717) is 23.9 Å². The van der Waals surface area contributed by atoms with Crippen LogP contribution in [0, 0.1) is 12.8 Å². The molecule has 0 unspecified atom stereocenters. The number of hydrogen-bond acceptors (Lipinski definition) is 3. The van der Waals surface area contributed by atoms with E-state index >= 15 is 0 Å². The zero-order chi connectivity index (χ0) is 12.4. The van der Waals surface area contributed by atoms with Crippen LogP contribution >= 0.6 is 0 Å². The Morgan fingerprint density at radius 2 is 2.24 bits per heavy atom. The first-order valence-corrected chi connectivity index (χ1v) is 6.19. The normalized spacial score (nSPS) is 15.1. The van der Waals surface area contributed by atoms with Gasteiger partial charge in [-0.25, -0.2) is 9.97 Å². The second-order valence-corrected chi connectivity index (χ2v) is 5.11. The SMILES string of the molecule is Cc1nc(C2CC2)ncc1C(=O)NCC(C)C. The smallest absolute Gasteiger partial charge is 0.254 e. The average Bonchev–Trinajstić information content (AvgIpc) is 3.09. The van der Waals surface area contributed by atoms with Crippen LogP contribution in [0.2, 0.25) is 0 Å². The van der Waals surface area contributed by atoms with Crippen LogP contribution in [-0.2, 0) is 0 Å². The van der Waals surface area contributed by atoms with E-state index in [2.05, 4.69) is 29.1 Å². The Bertz CT molecular complexity index is 425. The number of aryl methyl sites for hydroxylation is 1. The van der Waals surface area contributed by atoms with Crippen molar-refractivity contribution in [2.45, 2.75) is 39.5 Å². The van der Waals surface area contributed by atoms with Crippen LogP contribution in [0.5, 0.6) is 0 Å². The predicted octanol–water partition coefficient (Wildman–Crippen LogP) is 2.05. The van der Waals surface area contributed by atoms with Gasteiger partial charge in [-0.3, -0.25) is 4.79 Å². The Morgan fingerprint density at radius 1 is 1.53 bits per heavy atom. The predicted molar refractivity (Wildman–Crippen MR) is 65.9 cm³/mol. The zero-order valence-corrected chi connectivity index (χ0v) is 10.7. The lowest BCUT2D eigenvalue weighted by molar-refractivity contribution is 0.0947. The minimum atomic E-state index is -0.0708. The van der Waals surface area contributed by atoms with Crippen molar-refractivity contribution in [1.82, 2.24) is 15.3 Å². The highest BCUT2D eigenvalue weighted by Gasteiger charge is 2.27. The molecule has 1 heterocycles. The van der Waals surface area contributed by atoms with Gasteiger partial charge in [0.2, 0.25) is 0 Å². The van der Waals surface area contributed by atoms with E-state index in [1.165, 1.54) is 12.8 Å². The molecule has 0 aromatic carbocycles. The lowest BCUT2D eigenvalue weighted by Crippen LogP contribution is -2.28. The van der Waals surface area contributed by atoms with E-state index in [0.717, 1.165) is 11.5 Å². The molecule has 1 fully saturated rings. The van der Waals surface area contributed by atoms with Crippen LogP contribution in [0.25, 0.3) is 0 Å². The van der Waals surface area contributed by atoms with Crippen LogP contribution in [0.3, 0.4) is 0 Å². The quantitative estimate of drug-likeness (QED) is 0.866. The molecule has 17 heavy (non-hydrogen) atoms. The number of aromatic nitrogens is 2. The Morgan fingerprint density at radius 3 is 2.76 bits per heavy atom. The van der Waals surface area contributed by atoms with E-state index in [4.69, 9.17) is 0 Å². The maximum Gasteiger partial charge on any atom is 0.254 e. The van der Waals surface area contributed by atoms with Crippen molar-refractivity contribution in [1.29, 1.82) is 0 Å². The van der Waals surface area contributed by atoms with Crippen LogP contribution in [0.15, 0.2) is 6.20 Å². The van der Waals surface area contributed by atoms with Crippen molar-refractivity contribution in [2.24, 2.45) is 5.92 Å². The van der Waals surface area contributed by atoms with Crippen LogP contribution in [0.1, 0.15) is 54.5 Å². The van der Waals surface area contributed by atoms with E-state index in [1.807, 2.05) is 6.92 Å². The lowest BCUT2D eigenvalue weighted by Gasteiger charge is -2.09. The third-order valence-corrected chi connectivity index (χ3v) is 2.86. The van der Waals surface area contributed by atoms with Crippen molar-refractivity contribution in [3.63, 3.8) is 0 Å². The highest BCUT2D eigenvalue weighted by atomic mass is 16.1. The van der Waals surface area contributed by atoms with Crippen LogP contribution in [0.4, 0.5) is 0 Å².